The fraction of sp³-hybridized carbons (Fsp3) is 0. The molecule has 0 saturated carbocycles. The maximum Gasteiger partial charge on any atom is 0.258 e. The summed E-state index contributed by atoms with van der Waals surface area (Å²) in [6.45, 7) is 0. The first-order valence-electron chi connectivity index (χ1n) is 5.41. The molecule has 3 aromatic heterocycles. The summed E-state index contributed by atoms with van der Waals surface area (Å²) >= 11 is 2.62. The monoisotopic (exact) mass is 288 g/mol. The third-order valence-corrected chi connectivity index (χ3v) is 3.64. The van der Waals surface area contributed by atoms with Gasteiger partial charge in [-0.05, 0) is 23.6 Å². The number of thiophene rings is 1. The first kappa shape index (κ1) is 11.9. The van der Waals surface area contributed by atoms with E-state index in [0.717, 1.165) is 11.5 Å². The van der Waals surface area contributed by atoms with E-state index < -0.39 is 0 Å². The first-order chi connectivity index (χ1) is 9.33. The van der Waals surface area contributed by atoms with Crippen LogP contribution in [0.15, 0.2) is 41.2 Å². The van der Waals surface area contributed by atoms with E-state index in [1.807, 2.05) is 23.6 Å². The number of hydrogen-bond donors (Lipinski definition) is 1. The van der Waals surface area contributed by atoms with Crippen molar-refractivity contribution in [2.24, 2.45) is 0 Å². The number of pyridine rings is 1. The normalized spacial score (nSPS) is 10.3. The van der Waals surface area contributed by atoms with Crippen molar-refractivity contribution in [3.8, 4) is 11.5 Å². The summed E-state index contributed by atoms with van der Waals surface area (Å²) in [7, 11) is 0. The molecule has 0 aromatic carbocycles. The second kappa shape index (κ2) is 5.25. The highest BCUT2D eigenvalue weighted by atomic mass is 32.1. The highest BCUT2D eigenvalue weighted by Crippen LogP contribution is 2.19. The second-order valence-electron chi connectivity index (χ2n) is 3.60. The molecule has 1 amide bonds. The van der Waals surface area contributed by atoms with E-state index in [9.17, 15) is 4.79 Å². The number of nitrogens with zero attached hydrogens (tertiary/aromatic N) is 3. The lowest BCUT2D eigenvalue weighted by Gasteiger charge is -1.97. The topological polar surface area (TPSA) is 67.8 Å². The van der Waals surface area contributed by atoms with Crippen molar-refractivity contribution in [2.75, 3.05) is 5.32 Å². The van der Waals surface area contributed by atoms with Crippen LogP contribution in [0.2, 0.25) is 0 Å². The predicted octanol–water partition coefficient (Wildman–Crippen LogP) is 2.91. The Morgan fingerprint density at radius 2 is 2.21 bits per heavy atom. The van der Waals surface area contributed by atoms with Crippen LogP contribution < -0.4 is 5.32 Å². The van der Waals surface area contributed by atoms with Crippen molar-refractivity contribution in [3.05, 3.63) is 46.8 Å². The molecule has 0 aliphatic rings. The Bertz CT molecular complexity index is 679. The minimum absolute atomic E-state index is 0.176. The zero-order valence-electron chi connectivity index (χ0n) is 9.61. The summed E-state index contributed by atoms with van der Waals surface area (Å²) < 4.78 is 4.18. The summed E-state index contributed by atoms with van der Waals surface area (Å²) in [5.41, 5.74) is 1.31. The van der Waals surface area contributed by atoms with Crippen LogP contribution >= 0.6 is 22.9 Å². The number of amides is 1. The molecule has 0 spiro atoms. The van der Waals surface area contributed by atoms with Crippen LogP contribution in [-0.4, -0.2) is 20.2 Å². The minimum Gasteiger partial charge on any atom is -0.297 e. The van der Waals surface area contributed by atoms with Gasteiger partial charge >= 0.3 is 0 Å². The Morgan fingerprint density at radius 3 is 2.95 bits per heavy atom. The summed E-state index contributed by atoms with van der Waals surface area (Å²) in [5, 5.41) is 6.83. The number of aromatic nitrogens is 3. The summed E-state index contributed by atoms with van der Waals surface area (Å²) in [6, 6.07) is 7.29. The van der Waals surface area contributed by atoms with Gasteiger partial charge in [0.1, 0.15) is 5.69 Å². The molecule has 3 rings (SSSR count). The highest BCUT2D eigenvalue weighted by Gasteiger charge is 2.11. The van der Waals surface area contributed by atoms with Crippen LogP contribution in [0.4, 0.5) is 5.13 Å². The van der Waals surface area contributed by atoms with E-state index in [-0.39, 0.29) is 5.91 Å². The van der Waals surface area contributed by atoms with Crippen LogP contribution in [0.25, 0.3) is 11.5 Å². The molecule has 19 heavy (non-hydrogen) atoms. The molecular weight excluding hydrogens is 280 g/mol. The molecule has 3 heterocycles. The Labute approximate surface area is 117 Å². The largest absolute Gasteiger partial charge is 0.297 e. The Balaban J connectivity index is 1.77. The van der Waals surface area contributed by atoms with E-state index in [0.29, 0.717) is 22.2 Å². The molecule has 0 radical (unpaired) electrons. The average molecular weight is 288 g/mol. The Morgan fingerprint density at radius 1 is 1.26 bits per heavy atom. The van der Waals surface area contributed by atoms with Crippen molar-refractivity contribution < 1.29 is 4.79 Å². The number of anilines is 1. The van der Waals surface area contributed by atoms with Gasteiger partial charge in [-0.3, -0.25) is 15.1 Å². The molecule has 5 nitrogen and oxygen atoms in total. The molecule has 0 atom stereocenters. The molecule has 94 valence electrons. The van der Waals surface area contributed by atoms with Gasteiger partial charge in [-0.2, -0.15) is 20.7 Å². The van der Waals surface area contributed by atoms with Crippen molar-refractivity contribution in [3.63, 3.8) is 0 Å². The summed E-state index contributed by atoms with van der Waals surface area (Å²) in [6.07, 6.45) is 1.68. The third-order valence-electron chi connectivity index (χ3n) is 2.32. The quantitative estimate of drug-likeness (QED) is 0.804. The van der Waals surface area contributed by atoms with Crippen molar-refractivity contribution >= 4 is 33.9 Å². The molecule has 0 unspecified atom stereocenters. The van der Waals surface area contributed by atoms with E-state index in [4.69, 9.17) is 0 Å². The molecule has 1 N–H and O–H groups in total. The Kier molecular flexibility index (Phi) is 3.30. The van der Waals surface area contributed by atoms with Gasteiger partial charge in [0.2, 0.25) is 5.13 Å². The maximum atomic E-state index is 11.8. The average Bonchev–Trinajstić information content (AvgIpc) is 3.11. The van der Waals surface area contributed by atoms with Crippen molar-refractivity contribution in [2.45, 2.75) is 0 Å². The van der Waals surface area contributed by atoms with Gasteiger partial charge in [-0.15, -0.1) is 0 Å². The standard InChI is InChI=1S/C12H8N4OS2/c17-11(8-4-6-18-7-8)15-12-14-10(16-19-12)9-3-1-2-5-13-9/h1-7H,(H,14,15,16,17). The zero-order chi connectivity index (χ0) is 13.1. The lowest BCUT2D eigenvalue weighted by atomic mass is 10.3. The number of nitrogens with one attached hydrogen (secondary N) is 1. The maximum absolute atomic E-state index is 11.8. The van der Waals surface area contributed by atoms with Crippen LogP contribution in [0.3, 0.4) is 0 Å². The molecule has 7 heteroatoms. The smallest absolute Gasteiger partial charge is 0.258 e. The molecule has 0 bridgehead atoms. The van der Waals surface area contributed by atoms with Gasteiger partial charge in [0.15, 0.2) is 5.82 Å². The molecule has 0 saturated heterocycles. The number of carbonyl (C=O) groups is 1. The second-order valence-corrected chi connectivity index (χ2v) is 5.14. The lowest BCUT2D eigenvalue weighted by molar-refractivity contribution is 0.102. The van der Waals surface area contributed by atoms with Crippen molar-refractivity contribution in [1.29, 1.82) is 0 Å². The predicted molar refractivity (Wildman–Crippen MR) is 75.4 cm³/mol. The highest BCUT2D eigenvalue weighted by molar-refractivity contribution is 7.10. The van der Waals surface area contributed by atoms with Gasteiger partial charge in [-0.25, -0.2) is 0 Å². The first-order valence-corrected chi connectivity index (χ1v) is 7.13. The number of carbonyl (C=O) groups excluding carboxylic acids is 1. The molecule has 0 fully saturated rings. The van der Waals surface area contributed by atoms with Gasteiger partial charge < -0.3 is 0 Å². The van der Waals surface area contributed by atoms with E-state index >= 15 is 0 Å². The number of rotatable bonds is 3. The third kappa shape index (κ3) is 2.67. The zero-order valence-corrected chi connectivity index (χ0v) is 11.2. The van der Waals surface area contributed by atoms with Crippen LogP contribution in [0.1, 0.15) is 10.4 Å². The minimum atomic E-state index is -0.176. The number of hydrogen-bond acceptors (Lipinski definition) is 6. The lowest BCUT2D eigenvalue weighted by Crippen LogP contribution is -2.10. The van der Waals surface area contributed by atoms with Gasteiger partial charge in [0.25, 0.3) is 5.91 Å². The fourth-order valence-electron chi connectivity index (χ4n) is 1.44. The Hall–Kier alpha value is -2.12. The van der Waals surface area contributed by atoms with Gasteiger partial charge in [0.05, 0.1) is 5.56 Å². The molecular formula is C12H8N4OS2. The van der Waals surface area contributed by atoms with Crippen LogP contribution in [0.5, 0.6) is 0 Å². The molecule has 0 aliphatic heterocycles. The SMILES string of the molecule is O=C(Nc1nc(-c2ccccn2)ns1)c1ccsc1. The van der Waals surface area contributed by atoms with E-state index in [1.165, 1.54) is 11.3 Å². The van der Waals surface area contributed by atoms with Gasteiger partial charge in [0, 0.05) is 23.1 Å². The summed E-state index contributed by atoms with van der Waals surface area (Å²) in [5.74, 6) is 0.344. The molecule has 3 aromatic rings. The molecule has 0 aliphatic carbocycles. The summed E-state index contributed by atoms with van der Waals surface area (Å²) in [4.78, 5) is 20.2. The van der Waals surface area contributed by atoms with E-state index in [1.54, 1.807) is 17.6 Å². The van der Waals surface area contributed by atoms with Crippen LogP contribution in [-0.2, 0) is 0 Å². The fourth-order valence-corrected chi connectivity index (χ4v) is 2.65. The van der Waals surface area contributed by atoms with Crippen LogP contribution in [0, 0.1) is 0 Å². The van der Waals surface area contributed by atoms with Gasteiger partial charge in [-0.1, -0.05) is 6.07 Å². The van der Waals surface area contributed by atoms with E-state index in [2.05, 4.69) is 19.7 Å². The van der Waals surface area contributed by atoms with Crippen molar-refractivity contribution in [1.82, 2.24) is 14.3 Å².